The monoisotopic (exact) mass is 760 g/mol. The van der Waals surface area contributed by atoms with Gasteiger partial charge in [0.05, 0.1) is 0 Å². The molecule has 3 nitrogen and oxygen atoms in total. The fraction of sp³-hybridized carbons (Fsp3) is 0. The Labute approximate surface area is 258 Å². The fourth-order valence-electron chi connectivity index (χ4n) is 5.70. The molecule has 2 aromatic heterocycles. The van der Waals surface area contributed by atoms with Gasteiger partial charge in [-0.15, -0.1) is 0 Å². The third-order valence-electron chi connectivity index (χ3n) is 7.67. The summed E-state index contributed by atoms with van der Waals surface area (Å²) in [5.74, 6) is 0. The number of rotatable bonds is 6. The van der Waals surface area contributed by atoms with Gasteiger partial charge >= 0.3 is 261 Å². The van der Waals surface area contributed by atoms with Gasteiger partial charge in [-0.3, -0.25) is 0 Å². The summed E-state index contributed by atoms with van der Waals surface area (Å²) in [5.41, 5.74) is 9.70. The van der Waals surface area contributed by atoms with Crippen LogP contribution in [0, 0.1) is 0 Å². The normalized spacial score (nSPS) is 11.7. The van der Waals surface area contributed by atoms with Crippen molar-refractivity contribution in [2.75, 3.05) is 0 Å². The molecule has 0 atom stereocenters. The van der Waals surface area contributed by atoms with E-state index in [0.29, 0.717) is 0 Å². The van der Waals surface area contributed by atoms with Gasteiger partial charge in [0.2, 0.25) is 0 Å². The van der Waals surface area contributed by atoms with Gasteiger partial charge < -0.3 is 0 Å². The Kier molecular flexibility index (Phi) is 6.57. The third kappa shape index (κ3) is 4.65. The summed E-state index contributed by atoms with van der Waals surface area (Å²) in [6.45, 7) is 0. The van der Waals surface area contributed by atoms with Crippen molar-refractivity contribution in [2.45, 2.75) is 0 Å². The first-order valence-corrected chi connectivity index (χ1v) is 17.8. The van der Waals surface area contributed by atoms with E-state index in [1.165, 1.54) is 73.1 Å². The quantitative estimate of drug-likeness (QED) is 0.170. The van der Waals surface area contributed by atoms with Crippen molar-refractivity contribution in [3.8, 4) is 22.3 Å². The molecule has 0 amide bonds. The van der Waals surface area contributed by atoms with Crippen LogP contribution in [0.15, 0.2) is 133 Å². The summed E-state index contributed by atoms with van der Waals surface area (Å²) in [7, 11) is 0. The number of H-pyrrole nitrogens is 2. The topological polar surface area (TPSA) is 40.8 Å². The summed E-state index contributed by atoms with van der Waals surface area (Å²) in [4.78, 5) is 7.26. The molecule has 41 heavy (non-hydrogen) atoms. The van der Waals surface area contributed by atoms with E-state index >= 15 is 0 Å². The molecule has 0 fully saturated rings. The fourth-order valence-corrected chi connectivity index (χ4v) is 11.3. The Hall–Kier alpha value is -3.54. The summed E-state index contributed by atoms with van der Waals surface area (Å²) in [6, 6.07) is 48.1. The number of benzene rings is 6. The minimum absolute atomic E-state index is 0.680. The molecule has 0 saturated heterocycles. The first kappa shape index (κ1) is 25.2. The number of aromatic nitrogens is 2. The Balaban J connectivity index is 0.962. The zero-order chi connectivity index (χ0) is 27.2. The second kappa shape index (κ2) is 10.7. The van der Waals surface area contributed by atoms with Crippen LogP contribution in [-0.2, 0) is 1.47 Å². The Morgan fingerprint density at radius 3 is 1.27 bits per heavy atom. The van der Waals surface area contributed by atoms with E-state index < -0.39 is 42.7 Å². The predicted molar refractivity (Wildman–Crippen MR) is 174 cm³/mol. The SMILES string of the molecule is c1ccc2c(c1)[nH]c1c(-c3ccc([Te]O[Te]c4ccc(-c5cccc6c5[nH]c5ccccc56)cc4)cc3)cccc12. The number of aromatic amines is 2. The van der Waals surface area contributed by atoms with Gasteiger partial charge in [0.15, 0.2) is 0 Å². The zero-order valence-electron chi connectivity index (χ0n) is 21.9. The van der Waals surface area contributed by atoms with Gasteiger partial charge in [-0.25, -0.2) is 0 Å². The molecule has 0 radical (unpaired) electrons. The molecule has 0 spiro atoms. The first-order valence-electron chi connectivity index (χ1n) is 13.5. The van der Waals surface area contributed by atoms with Crippen molar-refractivity contribution in [1.29, 1.82) is 0 Å². The van der Waals surface area contributed by atoms with Crippen LogP contribution in [-0.4, -0.2) is 52.6 Å². The number of hydrogen-bond donors (Lipinski definition) is 2. The Morgan fingerprint density at radius 2 is 0.805 bits per heavy atom. The number of fused-ring (bicyclic) bond motifs is 6. The second-order valence-electron chi connectivity index (χ2n) is 10.1. The van der Waals surface area contributed by atoms with Crippen LogP contribution in [0.5, 0.6) is 0 Å². The number of para-hydroxylation sites is 4. The van der Waals surface area contributed by atoms with Crippen molar-refractivity contribution in [1.82, 2.24) is 9.97 Å². The summed E-state index contributed by atoms with van der Waals surface area (Å²) in [6.07, 6.45) is 0. The summed E-state index contributed by atoms with van der Waals surface area (Å²) >= 11 is -1.36. The average molecular weight is 756 g/mol. The van der Waals surface area contributed by atoms with Crippen molar-refractivity contribution in [2.24, 2.45) is 0 Å². The van der Waals surface area contributed by atoms with Gasteiger partial charge in [-0.05, 0) is 0 Å². The van der Waals surface area contributed by atoms with Gasteiger partial charge in [0, 0.05) is 0 Å². The Morgan fingerprint density at radius 1 is 0.390 bits per heavy atom. The van der Waals surface area contributed by atoms with Gasteiger partial charge in [0.25, 0.3) is 0 Å². The predicted octanol–water partition coefficient (Wildman–Crippen LogP) is 7.50. The molecule has 0 aliphatic heterocycles. The third-order valence-corrected chi connectivity index (χ3v) is 13.3. The van der Waals surface area contributed by atoms with Crippen LogP contribution in [0.2, 0.25) is 0 Å². The average Bonchev–Trinajstić information content (AvgIpc) is 3.60. The molecule has 0 unspecified atom stereocenters. The first-order chi connectivity index (χ1) is 20.3. The summed E-state index contributed by atoms with van der Waals surface area (Å²) in [5, 5.41) is 5.09. The molecule has 8 rings (SSSR count). The van der Waals surface area contributed by atoms with E-state index in [0.717, 1.165) is 0 Å². The molecular weight excluding hydrogens is 732 g/mol. The van der Waals surface area contributed by atoms with E-state index in [9.17, 15) is 0 Å². The van der Waals surface area contributed by atoms with Gasteiger partial charge in [-0.2, -0.15) is 0 Å². The molecule has 6 aromatic carbocycles. The molecule has 0 aliphatic carbocycles. The van der Waals surface area contributed by atoms with Crippen LogP contribution in [0.4, 0.5) is 0 Å². The standard InChI is InChI=1S/C36H24N2OTe2/c1-3-13-33-29(7-1)31-11-5-9-27(35(31)37-33)23-15-19-25(20-16-23)40-39-41-26-21-17-24(18-22-26)28-10-6-12-32-30-8-2-4-14-34(30)38-36(28)32/h1-22,37-38H. The van der Waals surface area contributed by atoms with Crippen LogP contribution < -0.4 is 7.22 Å². The van der Waals surface area contributed by atoms with Crippen molar-refractivity contribution in [3.63, 3.8) is 0 Å². The maximum absolute atomic E-state index is 6.36. The van der Waals surface area contributed by atoms with Crippen LogP contribution in [0.1, 0.15) is 0 Å². The van der Waals surface area contributed by atoms with Crippen molar-refractivity contribution in [3.05, 3.63) is 133 Å². The van der Waals surface area contributed by atoms with E-state index in [-0.39, 0.29) is 0 Å². The molecule has 8 aromatic rings. The summed E-state index contributed by atoms with van der Waals surface area (Å²) < 4.78 is 9.02. The van der Waals surface area contributed by atoms with E-state index in [4.69, 9.17) is 1.47 Å². The number of hydrogen-bond acceptors (Lipinski definition) is 1. The van der Waals surface area contributed by atoms with Crippen molar-refractivity contribution < 1.29 is 1.47 Å². The van der Waals surface area contributed by atoms with Crippen molar-refractivity contribution >= 4 is 93.5 Å². The van der Waals surface area contributed by atoms with Crippen LogP contribution >= 0.6 is 0 Å². The van der Waals surface area contributed by atoms with E-state index in [1.807, 2.05) is 0 Å². The molecule has 2 heterocycles. The minimum atomic E-state index is -0.680. The van der Waals surface area contributed by atoms with Gasteiger partial charge in [-0.1, -0.05) is 0 Å². The molecule has 0 aliphatic rings. The molecule has 5 heteroatoms. The molecule has 0 bridgehead atoms. The Bertz CT molecular complexity index is 2020. The second-order valence-corrected chi connectivity index (χ2v) is 16.7. The van der Waals surface area contributed by atoms with E-state index in [1.54, 1.807) is 0 Å². The molecular formula is C36H24N2OTe2. The molecule has 2 N–H and O–H groups in total. The van der Waals surface area contributed by atoms with E-state index in [2.05, 4.69) is 143 Å². The van der Waals surface area contributed by atoms with Gasteiger partial charge in [0.1, 0.15) is 0 Å². The number of nitrogens with one attached hydrogen (secondary N) is 2. The maximum atomic E-state index is 6.36. The molecule has 196 valence electrons. The zero-order valence-corrected chi connectivity index (χ0v) is 26.6. The van der Waals surface area contributed by atoms with Crippen LogP contribution in [0.3, 0.4) is 0 Å². The molecule has 0 saturated carbocycles. The van der Waals surface area contributed by atoms with Crippen LogP contribution in [0.25, 0.3) is 65.9 Å².